The number of phenols is 1. The third kappa shape index (κ3) is 4.17. The number of nitrogens with two attached hydrogens (primary N) is 1. The lowest BCUT2D eigenvalue weighted by molar-refractivity contribution is -0.124. The van der Waals surface area contributed by atoms with E-state index in [1.807, 2.05) is 30.3 Å². The summed E-state index contributed by atoms with van der Waals surface area (Å²) in [5.41, 5.74) is 1.88. The van der Waals surface area contributed by atoms with Crippen LogP contribution in [0, 0.1) is 5.92 Å². The minimum Gasteiger partial charge on any atom is -0.504 e. The fourth-order valence-corrected chi connectivity index (χ4v) is 4.27. The monoisotopic (exact) mass is 459 g/mol. The Hall–Kier alpha value is -4.33. The Balaban J connectivity index is 1.83. The first kappa shape index (κ1) is 22.8. The number of nitrogens with zero attached hydrogens (tertiary/aromatic N) is 2. The number of aromatic hydroxyl groups is 1. The molecule has 0 bridgehead atoms. The van der Waals surface area contributed by atoms with Gasteiger partial charge in [-0.2, -0.15) is 5.10 Å². The number of methoxy groups -OCH3 is 2. The average molecular weight is 460 g/mol. The Labute approximate surface area is 197 Å². The van der Waals surface area contributed by atoms with E-state index in [0.29, 0.717) is 16.9 Å². The highest BCUT2D eigenvalue weighted by molar-refractivity contribution is 6.46. The van der Waals surface area contributed by atoms with Gasteiger partial charge in [-0.3, -0.25) is 9.59 Å². The number of benzene rings is 3. The highest BCUT2D eigenvalue weighted by atomic mass is 16.5. The van der Waals surface area contributed by atoms with Crippen molar-refractivity contribution in [3.63, 3.8) is 0 Å². The summed E-state index contributed by atoms with van der Waals surface area (Å²) in [5, 5.41) is 13.9. The maximum Gasteiger partial charge on any atom is 0.271 e. The van der Waals surface area contributed by atoms with Gasteiger partial charge >= 0.3 is 0 Å². The molecule has 34 heavy (non-hydrogen) atoms. The highest BCUT2D eigenvalue weighted by Crippen LogP contribution is 2.42. The van der Waals surface area contributed by atoms with Crippen LogP contribution < -0.4 is 15.3 Å². The van der Waals surface area contributed by atoms with Gasteiger partial charge in [0, 0.05) is 12.1 Å². The molecule has 8 heteroatoms. The fraction of sp³-hybridized carbons (Fsp3) is 0.192. The number of hydrogen-bond acceptors (Lipinski definition) is 7. The van der Waals surface area contributed by atoms with Crippen molar-refractivity contribution in [3.8, 4) is 17.2 Å². The zero-order valence-electron chi connectivity index (χ0n) is 18.8. The van der Waals surface area contributed by atoms with Crippen molar-refractivity contribution in [2.24, 2.45) is 16.9 Å². The molecule has 1 aliphatic rings. The van der Waals surface area contributed by atoms with Crippen molar-refractivity contribution in [3.05, 3.63) is 89.5 Å². The molecule has 3 N–H and O–H groups in total. The van der Waals surface area contributed by atoms with E-state index in [0.717, 1.165) is 5.56 Å². The second-order valence-electron chi connectivity index (χ2n) is 7.88. The zero-order chi connectivity index (χ0) is 24.2. The molecule has 0 saturated carbocycles. The van der Waals surface area contributed by atoms with E-state index in [9.17, 15) is 14.7 Å². The van der Waals surface area contributed by atoms with Crippen LogP contribution in [-0.4, -0.2) is 41.6 Å². The quantitative estimate of drug-likeness (QED) is 0.318. The van der Waals surface area contributed by atoms with Crippen LogP contribution in [0.4, 0.5) is 0 Å². The number of ketones is 1. The number of carbonyl (C=O) groups is 2. The largest absolute Gasteiger partial charge is 0.504 e. The van der Waals surface area contributed by atoms with Gasteiger partial charge in [0.2, 0.25) is 0 Å². The van der Waals surface area contributed by atoms with Crippen molar-refractivity contribution in [2.45, 2.75) is 12.6 Å². The Morgan fingerprint density at radius 1 is 1.03 bits per heavy atom. The zero-order valence-corrected chi connectivity index (χ0v) is 18.8. The summed E-state index contributed by atoms with van der Waals surface area (Å²) in [6, 6.07) is 20.2. The molecule has 0 aliphatic carbocycles. The van der Waals surface area contributed by atoms with Gasteiger partial charge in [-0.1, -0.05) is 36.4 Å². The molecule has 0 spiro atoms. The lowest BCUT2D eigenvalue weighted by atomic mass is 9.85. The molecule has 8 nitrogen and oxygen atoms in total. The van der Waals surface area contributed by atoms with Gasteiger partial charge in [-0.05, 0) is 47.5 Å². The Kier molecular flexibility index (Phi) is 6.49. The van der Waals surface area contributed by atoms with Crippen LogP contribution in [-0.2, 0) is 11.3 Å². The molecule has 0 aromatic heterocycles. The maximum absolute atomic E-state index is 13.7. The third-order valence-electron chi connectivity index (χ3n) is 5.96. The smallest absolute Gasteiger partial charge is 0.271 e. The Bertz CT molecular complexity index is 1220. The summed E-state index contributed by atoms with van der Waals surface area (Å²) in [6.07, 6.45) is 0. The molecule has 3 aromatic rings. The number of carbonyl (C=O) groups excluding carboxylic acids is 2. The molecule has 1 aliphatic heterocycles. The number of rotatable bonds is 7. The second kappa shape index (κ2) is 9.66. The lowest BCUT2D eigenvalue weighted by Crippen LogP contribution is -2.30. The van der Waals surface area contributed by atoms with Gasteiger partial charge in [-0.25, -0.2) is 0 Å². The second-order valence-corrected chi connectivity index (χ2v) is 7.88. The molecule has 4 rings (SSSR count). The van der Waals surface area contributed by atoms with Gasteiger partial charge in [-0.15, -0.1) is 0 Å². The summed E-state index contributed by atoms with van der Waals surface area (Å²) in [5.74, 6) is 4.78. The van der Waals surface area contributed by atoms with E-state index in [1.165, 1.54) is 13.2 Å². The maximum atomic E-state index is 13.7. The van der Waals surface area contributed by atoms with E-state index < -0.39 is 17.9 Å². The molecule has 2 atom stereocenters. The van der Waals surface area contributed by atoms with E-state index in [4.69, 9.17) is 15.3 Å². The van der Waals surface area contributed by atoms with Crippen molar-refractivity contribution < 1.29 is 24.2 Å². The van der Waals surface area contributed by atoms with Crippen molar-refractivity contribution in [1.82, 2.24) is 4.90 Å². The van der Waals surface area contributed by atoms with Crippen LogP contribution in [0.1, 0.15) is 27.5 Å². The third-order valence-corrected chi connectivity index (χ3v) is 5.96. The van der Waals surface area contributed by atoms with Gasteiger partial charge < -0.3 is 25.3 Å². The number of hydrogen-bond donors (Lipinski definition) is 2. The number of ether oxygens (including phenoxy) is 2. The molecule has 1 heterocycles. The summed E-state index contributed by atoms with van der Waals surface area (Å²) in [6.45, 7) is 0.249. The predicted octanol–water partition coefficient (Wildman–Crippen LogP) is 3.31. The topological polar surface area (TPSA) is 114 Å². The van der Waals surface area contributed by atoms with E-state index in [1.54, 1.807) is 48.4 Å². The molecular weight excluding hydrogens is 434 g/mol. The standard InChI is InChI=1S/C26H25N3O5/c1-33-19-11-8-17(9-12-19)25(31)22-23(28-27)26(32)29(15-16-6-4-3-5-7-16)24(22)18-10-13-20(30)21(14-18)34-2/h3-14,22,24,30H,15,27H2,1-2H3/b28-23+/t22-,24-/m1/s1. The molecule has 3 aromatic carbocycles. The normalized spacial score (nSPS) is 18.8. The van der Waals surface area contributed by atoms with Crippen molar-refractivity contribution in [2.75, 3.05) is 14.2 Å². The van der Waals surface area contributed by atoms with Gasteiger partial charge in [0.1, 0.15) is 11.5 Å². The molecule has 0 radical (unpaired) electrons. The first-order chi connectivity index (χ1) is 16.5. The fourth-order valence-electron chi connectivity index (χ4n) is 4.27. The van der Waals surface area contributed by atoms with Gasteiger partial charge in [0.15, 0.2) is 17.3 Å². The Morgan fingerprint density at radius 3 is 2.35 bits per heavy atom. The first-order valence-electron chi connectivity index (χ1n) is 10.7. The van der Waals surface area contributed by atoms with Crippen LogP contribution in [0.2, 0.25) is 0 Å². The van der Waals surface area contributed by atoms with Crippen LogP contribution >= 0.6 is 0 Å². The van der Waals surface area contributed by atoms with Gasteiger partial charge in [0.05, 0.1) is 26.2 Å². The summed E-state index contributed by atoms with van der Waals surface area (Å²) >= 11 is 0. The van der Waals surface area contributed by atoms with E-state index in [2.05, 4.69) is 5.10 Å². The molecule has 0 unspecified atom stereocenters. The molecule has 1 amide bonds. The minimum atomic E-state index is -0.955. The number of likely N-dealkylation sites (tertiary alicyclic amines) is 1. The minimum absolute atomic E-state index is 0.0196. The number of amides is 1. The SMILES string of the molecule is COc1ccc(C(=O)[C@@H]2/C(=N\N)C(=O)N(Cc3ccccc3)[C@@H]2c2ccc(O)c(OC)c2)cc1. The molecule has 1 fully saturated rings. The van der Waals surface area contributed by atoms with Crippen molar-refractivity contribution >= 4 is 17.4 Å². The lowest BCUT2D eigenvalue weighted by Gasteiger charge is -2.28. The number of hydrazone groups is 1. The summed E-state index contributed by atoms with van der Waals surface area (Å²) < 4.78 is 10.5. The van der Waals surface area contributed by atoms with Crippen LogP contribution in [0.3, 0.4) is 0 Å². The summed E-state index contributed by atoms with van der Waals surface area (Å²) in [7, 11) is 2.98. The Morgan fingerprint density at radius 2 is 1.74 bits per heavy atom. The molecular formula is C26H25N3O5. The number of Topliss-reactive ketones (excluding diaryl/α,β-unsaturated/α-hetero) is 1. The van der Waals surface area contributed by atoms with Gasteiger partial charge in [0.25, 0.3) is 5.91 Å². The van der Waals surface area contributed by atoms with E-state index in [-0.39, 0.29) is 29.5 Å². The van der Waals surface area contributed by atoms with Crippen LogP contribution in [0.25, 0.3) is 0 Å². The average Bonchev–Trinajstić information content (AvgIpc) is 3.15. The summed E-state index contributed by atoms with van der Waals surface area (Å²) in [4.78, 5) is 28.8. The molecule has 1 saturated heterocycles. The number of phenolic OH excluding ortho intramolecular Hbond substituents is 1. The van der Waals surface area contributed by atoms with Crippen molar-refractivity contribution in [1.29, 1.82) is 0 Å². The highest BCUT2D eigenvalue weighted by Gasteiger charge is 2.50. The molecule has 174 valence electrons. The van der Waals surface area contributed by atoms with Crippen LogP contribution in [0.15, 0.2) is 77.9 Å². The predicted molar refractivity (Wildman–Crippen MR) is 127 cm³/mol. The van der Waals surface area contributed by atoms with E-state index >= 15 is 0 Å². The van der Waals surface area contributed by atoms with Crippen LogP contribution in [0.5, 0.6) is 17.2 Å². The first-order valence-corrected chi connectivity index (χ1v) is 10.7.